The summed E-state index contributed by atoms with van der Waals surface area (Å²) in [5.41, 5.74) is 2.23. The molecule has 2 rings (SSSR count). The molecule has 1 aliphatic carbocycles. The highest BCUT2D eigenvalue weighted by molar-refractivity contribution is 6.25. The van der Waals surface area contributed by atoms with Crippen LogP contribution in [0.25, 0.3) is 0 Å². The quantitative estimate of drug-likeness (QED) is 0.644. The summed E-state index contributed by atoms with van der Waals surface area (Å²) in [7, 11) is 0. The molecule has 0 atom stereocenters. The van der Waals surface area contributed by atoms with Gasteiger partial charge in [0.2, 0.25) is 0 Å². The van der Waals surface area contributed by atoms with Crippen LogP contribution in [0.3, 0.4) is 0 Å². The molecule has 1 nitrogen and oxygen atoms in total. The second-order valence-electron chi connectivity index (χ2n) is 5.17. The molecule has 0 heterocycles. The fourth-order valence-electron chi connectivity index (χ4n) is 2.73. The van der Waals surface area contributed by atoms with Crippen molar-refractivity contribution in [1.82, 2.24) is 0 Å². The Morgan fingerprint density at radius 2 is 1.81 bits per heavy atom. The predicted octanol–water partition coefficient (Wildman–Crippen LogP) is 5.75. The number of ether oxygens (including phenoxy) is 1. The zero-order chi connectivity index (χ0) is 15.5. The molecule has 6 heteroatoms. The number of alkyl halides is 3. The minimum atomic E-state index is -4.88. The topological polar surface area (TPSA) is 9.23 Å². The van der Waals surface area contributed by atoms with Crippen molar-refractivity contribution in [3.8, 4) is 5.75 Å². The van der Waals surface area contributed by atoms with Crippen LogP contribution in [-0.4, -0.2) is 6.36 Å². The molecule has 1 saturated carbocycles. The van der Waals surface area contributed by atoms with Crippen LogP contribution >= 0.6 is 11.6 Å². The first kappa shape index (κ1) is 16.1. The van der Waals surface area contributed by atoms with Crippen molar-refractivity contribution in [2.45, 2.75) is 38.0 Å². The predicted molar refractivity (Wildman–Crippen MR) is 72.8 cm³/mol. The van der Waals surface area contributed by atoms with Crippen molar-refractivity contribution >= 4 is 11.6 Å². The smallest absolute Gasteiger partial charge is 0.403 e. The van der Waals surface area contributed by atoms with Gasteiger partial charge in [0.15, 0.2) is 11.6 Å². The molecule has 0 unspecified atom stereocenters. The number of halogens is 5. The normalized spacial score (nSPS) is 23.5. The third-order valence-corrected chi connectivity index (χ3v) is 3.92. The summed E-state index contributed by atoms with van der Waals surface area (Å²) in [6, 6.07) is 3.69. The maximum absolute atomic E-state index is 13.7. The SMILES string of the molecule is Fc1cc(C2CCC(/C=C/Cl)CC2)ccc1OC(F)(F)F. The van der Waals surface area contributed by atoms with E-state index in [0.717, 1.165) is 43.4 Å². The molecule has 116 valence electrons. The monoisotopic (exact) mass is 322 g/mol. The molecule has 0 saturated heterocycles. The molecule has 21 heavy (non-hydrogen) atoms. The summed E-state index contributed by atoms with van der Waals surface area (Å²) in [5, 5.41) is 0. The second-order valence-corrected chi connectivity index (χ2v) is 5.42. The van der Waals surface area contributed by atoms with E-state index < -0.39 is 17.9 Å². The van der Waals surface area contributed by atoms with E-state index in [2.05, 4.69) is 4.74 Å². The Hall–Kier alpha value is -1.23. The van der Waals surface area contributed by atoms with Crippen molar-refractivity contribution in [3.63, 3.8) is 0 Å². The largest absolute Gasteiger partial charge is 0.573 e. The van der Waals surface area contributed by atoms with E-state index in [9.17, 15) is 17.6 Å². The van der Waals surface area contributed by atoms with Gasteiger partial charge in [0.1, 0.15) is 0 Å². The molecule has 0 aliphatic heterocycles. The van der Waals surface area contributed by atoms with Crippen molar-refractivity contribution < 1.29 is 22.3 Å². The van der Waals surface area contributed by atoms with Gasteiger partial charge in [-0.05, 0) is 55.2 Å². The highest BCUT2D eigenvalue weighted by Gasteiger charge is 2.32. The van der Waals surface area contributed by atoms with Crippen molar-refractivity contribution in [2.75, 3.05) is 0 Å². The summed E-state index contributed by atoms with van der Waals surface area (Å²) in [6.07, 6.45) is 0.676. The van der Waals surface area contributed by atoms with E-state index in [4.69, 9.17) is 11.6 Å². The lowest BCUT2D eigenvalue weighted by atomic mass is 9.79. The molecule has 1 aliphatic rings. The van der Waals surface area contributed by atoms with E-state index in [0.29, 0.717) is 5.92 Å². The molecular formula is C15H15ClF4O. The van der Waals surface area contributed by atoms with E-state index in [1.807, 2.05) is 6.08 Å². The second kappa shape index (κ2) is 6.69. The zero-order valence-electron chi connectivity index (χ0n) is 11.2. The van der Waals surface area contributed by atoms with E-state index in [1.165, 1.54) is 11.6 Å². The Labute approximate surface area is 125 Å². The summed E-state index contributed by atoms with van der Waals surface area (Å²) in [6.45, 7) is 0. The molecule has 0 amide bonds. The van der Waals surface area contributed by atoms with Crippen LogP contribution in [0.2, 0.25) is 0 Å². The van der Waals surface area contributed by atoms with E-state index in [-0.39, 0.29) is 5.92 Å². The standard InChI is InChI=1S/C15H15ClF4O/c16-8-7-10-1-3-11(4-2-10)12-5-6-14(13(17)9-12)21-15(18,19)20/h5-11H,1-4H2/b8-7+. The maximum Gasteiger partial charge on any atom is 0.573 e. The highest BCUT2D eigenvalue weighted by atomic mass is 35.5. The average molecular weight is 323 g/mol. The number of hydrogen-bond donors (Lipinski definition) is 0. The molecule has 0 spiro atoms. The zero-order valence-corrected chi connectivity index (χ0v) is 11.9. The first-order valence-corrected chi connectivity index (χ1v) is 7.15. The summed E-state index contributed by atoms with van der Waals surface area (Å²) in [4.78, 5) is 0. The molecule has 1 aromatic rings. The minimum Gasteiger partial charge on any atom is -0.403 e. The van der Waals surface area contributed by atoms with Gasteiger partial charge in [0.05, 0.1) is 0 Å². The Morgan fingerprint density at radius 1 is 1.14 bits per heavy atom. The minimum absolute atomic E-state index is 0.166. The van der Waals surface area contributed by atoms with Gasteiger partial charge < -0.3 is 4.74 Å². The van der Waals surface area contributed by atoms with Crippen molar-refractivity contribution in [1.29, 1.82) is 0 Å². The lowest BCUT2D eigenvalue weighted by Gasteiger charge is -2.27. The van der Waals surface area contributed by atoms with Gasteiger partial charge in [-0.15, -0.1) is 13.2 Å². The molecule has 0 radical (unpaired) electrons. The molecule has 1 aromatic carbocycles. The number of rotatable bonds is 3. The van der Waals surface area contributed by atoms with E-state index in [1.54, 1.807) is 0 Å². The highest BCUT2D eigenvalue weighted by Crippen LogP contribution is 2.38. The molecular weight excluding hydrogens is 308 g/mol. The van der Waals surface area contributed by atoms with Crippen LogP contribution in [0.5, 0.6) is 5.75 Å². The summed E-state index contributed by atoms with van der Waals surface area (Å²) in [5.74, 6) is -1.17. The fraction of sp³-hybridized carbons (Fsp3) is 0.467. The Bertz CT molecular complexity index is 505. The van der Waals surface area contributed by atoms with Crippen molar-refractivity contribution in [2.24, 2.45) is 5.92 Å². The number of benzene rings is 1. The number of hydrogen-bond acceptors (Lipinski definition) is 1. The van der Waals surface area contributed by atoms with Crippen molar-refractivity contribution in [3.05, 3.63) is 41.2 Å². The first-order valence-electron chi connectivity index (χ1n) is 6.71. The lowest BCUT2D eigenvalue weighted by molar-refractivity contribution is -0.275. The van der Waals surface area contributed by atoms with Crippen LogP contribution in [0.15, 0.2) is 29.8 Å². The number of allylic oxidation sites excluding steroid dienone is 1. The van der Waals surface area contributed by atoms with Crippen LogP contribution in [0.4, 0.5) is 17.6 Å². The average Bonchev–Trinajstić information content (AvgIpc) is 2.41. The van der Waals surface area contributed by atoms with Gasteiger partial charge in [-0.2, -0.15) is 0 Å². The summed E-state index contributed by atoms with van der Waals surface area (Å²) >= 11 is 5.54. The third-order valence-electron chi connectivity index (χ3n) is 3.77. The fourth-order valence-corrected chi connectivity index (χ4v) is 2.93. The Morgan fingerprint density at radius 3 is 2.33 bits per heavy atom. The molecule has 0 N–H and O–H groups in total. The van der Waals surface area contributed by atoms with Gasteiger partial charge in [-0.3, -0.25) is 0 Å². The van der Waals surface area contributed by atoms with Gasteiger partial charge in [0.25, 0.3) is 0 Å². The first-order chi connectivity index (χ1) is 9.89. The molecule has 1 fully saturated rings. The van der Waals surface area contributed by atoms with Crippen LogP contribution in [0, 0.1) is 11.7 Å². The third kappa shape index (κ3) is 4.63. The van der Waals surface area contributed by atoms with Crippen LogP contribution in [-0.2, 0) is 0 Å². The summed E-state index contributed by atoms with van der Waals surface area (Å²) < 4.78 is 53.6. The van der Waals surface area contributed by atoms with E-state index >= 15 is 0 Å². The van der Waals surface area contributed by atoms with Crippen LogP contribution in [0.1, 0.15) is 37.2 Å². The maximum atomic E-state index is 13.7. The van der Waals surface area contributed by atoms with Crippen LogP contribution < -0.4 is 4.74 Å². The van der Waals surface area contributed by atoms with Gasteiger partial charge in [-0.25, -0.2) is 4.39 Å². The lowest BCUT2D eigenvalue weighted by Crippen LogP contribution is -2.18. The van der Waals surface area contributed by atoms with Gasteiger partial charge in [0, 0.05) is 5.54 Å². The Balaban J connectivity index is 2.04. The Kier molecular flexibility index (Phi) is 5.14. The van der Waals surface area contributed by atoms with Gasteiger partial charge in [-0.1, -0.05) is 23.7 Å². The molecule has 0 aromatic heterocycles. The van der Waals surface area contributed by atoms with Gasteiger partial charge >= 0.3 is 6.36 Å². The molecule has 0 bridgehead atoms.